The number of nitrogens with zero attached hydrogens (tertiary/aromatic N) is 3. The average Bonchev–Trinajstić information content (AvgIpc) is 3.23. The Kier molecular flexibility index (Phi) is 16.5. The summed E-state index contributed by atoms with van der Waals surface area (Å²) in [4.78, 5) is 25.1. The Morgan fingerprint density at radius 3 is 1.76 bits per heavy atom. The van der Waals surface area contributed by atoms with E-state index in [0.717, 1.165) is 25.0 Å². The van der Waals surface area contributed by atoms with E-state index >= 15 is 0 Å². The molecular formula is C14H17BBrN3NaO2S3. The first-order valence-electron chi connectivity index (χ1n) is 6.42. The zero-order valence-electron chi connectivity index (χ0n) is 15.4. The Morgan fingerprint density at radius 2 is 1.56 bits per heavy atom. The van der Waals surface area contributed by atoms with Gasteiger partial charge in [-0.3, -0.25) is 4.79 Å². The maximum atomic E-state index is 9.97. The van der Waals surface area contributed by atoms with Gasteiger partial charge < -0.3 is 6.53 Å². The van der Waals surface area contributed by atoms with Crippen molar-refractivity contribution in [2.75, 3.05) is 0 Å². The van der Waals surface area contributed by atoms with Crippen molar-refractivity contribution in [2.45, 2.75) is 27.4 Å². The molecule has 129 valence electrons. The van der Waals surface area contributed by atoms with Crippen LogP contribution in [0, 0.1) is 20.8 Å². The van der Waals surface area contributed by atoms with Gasteiger partial charge >= 0.3 is 29.6 Å². The molecule has 0 fully saturated rings. The van der Waals surface area contributed by atoms with E-state index in [2.05, 4.69) is 30.9 Å². The third-order valence-electron chi connectivity index (χ3n) is 2.14. The van der Waals surface area contributed by atoms with Gasteiger partial charge in [-0.1, -0.05) is 0 Å². The summed E-state index contributed by atoms with van der Waals surface area (Å²) < 4.78 is 0.963. The van der Waals surface area contributed by atoms with Gasteiger partial charge in [0, 0.05) is 41.6 Å². The molecule has 1 N–H and O–H groups in total. The smallest absolute Gasteiger partial charge is 1.00 e. The molecule has 0 bridgehead atoms. The predicted molar refractivity (Wildman–Crippen MR) is 106 cm³/mol. The maximum Gasteiger partial charge on any atom is 1.00 e. The van der Waals surface area contributed by atoms with Crippen LogP contribution in [0.25, 0.3) is 0 Å². The summed E-state index contributed by atoms with van der Waals surface area (Å²) in [6.07, 6.45) is 6.05. The van der Waals surface area contributed by atoms with E-state index < -0.39 is 0 Å². The molecule has 0 aliphatic heterocycles. The topological polar surface area (TPSA) is 76.0 Å². The minimum Gasteiger partial charge on any atom is -1.00 e. The van der Waals surface area contributed by atoms with Gasteiger partial charge in [0.1, 0.15) is 5.01 Å². The van der Waals surface area contributed by atoms with Gasteiger partial charge in [0.2, 0.25) is 0 Å². The van der Waals surface area contributed by atoms with Crippen molar-refractivity contribution in [1.82, 2.24) is 15.0 Å². The first-order valence-corrected chi connectivity index (χ1v) is 9.66. The zero-order chi connectivity index (χ0) is 17.2. The van der Waals surface area contributed by atoms with Crippen LogP contribution in [-0.4, -0.2) is 34.8 Å². The van der Waals surface area contributed by atoms with E-state index in [4.69, 9.17) is 5.11 Å². The normalized spacial score (nSPS) is 8.68. The third kappa shape index (κ3) is 12.1. The molecule has 0 aliphatic carbocycles. The molecule has 0 saturated heterocycles. The Balaban J connectivity index is -0.000000289. The van der Waals surface area contributed by atoms with Crippen LogP contribution in [0.3, 0.4) is 0 Å². The Morgan fingerprint density at radius 1 is 1.04 bits per heavy atom. The number of aryl methyl sites for hydroxylation is 3. The standard InChI is InChI=1S/C5H7NOS.C5H5NOS.C4H4BrNS.B.Na.H/c2*1-4-2-6-5(3-7)8-4;1-3-2-6-4(5)7-3;;;/h2,7H,3H2,1H3;2-3H,1H3;2H,1H3;;;/q;;;;+1;-1. The molecule has 0 atom stereocenters. The first kappa shape index (κ1) is 27.3. The van der Waals surface area contributed by atoms with Gasteiger partial charge in [-0.05, 0) is 36.7 Å². The zero-order valence-corrected chi connectivity index (χ0v) is 20.4. The number of aldehydes is 1. The average molecular weight is 469 g/mol. The second-order valence-corrected chi connectivity index (χ2v) is 9.27. The van der Waals surface area contributed by atoms with Crippen LogP contribution in [0.1, 0.15) is 30.9 Å². The number of carbonyl (C=O) groups is 1. The fourth-order valence-electron chi connectivity index (χ4n) is 1.23. The summed E-state index contributed by atoms with van der Waals surface area (Å²) in [6.45, 7) is 5.99. The van der Waals surface area contributed by atoms with Gasteiger partial charge in [0.25, 0.3) is 0 Å². The van der Waals surface area contributed by atoms with Gasteiger partial charge in [0.15, 0.2) is 15.2 Å². The number of aromatic nitrogens is 3. The van der Waals surface area contributed by atoms with Crippen LogP contribution < -0.4 is 29.6 Å². The van der Waals surface area contributed by atoms with E-state index in [1.165, 1.54) is 27.6 Å². The molecular weight excluding hydrogens is 452 g/mol. The van der Waals surface area contributed by atoms with Crippen LogP contribution >= 0.6 is 49.9 Å². The summed E-state index contributed by atoms with van der Waals surface area (Å²) in [5.74, 6) is 0. The van der Waals surface area contributed by atoms with Crippen molar-refractivity contribution in [2.24, 2.45) is 0 Å². The number of hydrogen-bond donors (Lipinski definition) is 1. The molecule has 0 amide bonds. The van der Waals surface area contributed by atoms with Crippen molar-refractivity contribution in [3.8, 4) is 0 Å². The van der Waals surface area contributed by atoms with Crippen LogP contribution in [-0.2, 0) is 6.61 Å². The van der Waals surface area contributed by atoms with Crippen molar-refractivity contribution in [3.05, 3.63) is 47.2 Å². The molecule has 0 spiro atoms. The number of thiazole rings is 3. The number of rotatable bonds is 2. The summed E-state index contributed by atoms with van der Waals surface area (Å²) in [5, 5.41) is 9.85. The fraction of sp³-hybridized carbons (Fsp3) is 0.286. The molecule has 3 rings (SSSR count). The molecule has 3 heterocycles. The molecule has 0 saturated carbocycles. The summed E-state index contributed by atoms with van der Waals surface area (Å²) in [5.41, 5.74) is 0. The summed E-state index contributed by atoms with van der Waals surface area (Å²) >= 11 is 7.82. The minimum atomic E-state index is 0. The molecule has 5 nitrogen and oxygen atoms in total. The number of hydrogen-bond acceptors (Lipinski definition) is 8. The first-order chi connectivity index (χ1) is 10.9. The molecule has 0 aromatic carbocycles. The minimum absolute atomic E-state index is 0. The molecule has 11 heteroatoms. The Bertz CT molecular complexity index is 726. The molecule has 0 aliphatic rings. The fourth-order valence-corrected chi connectivity index (χ4v) is 3.81. The van der Waals surface area contributed by atoms with Crippen LogP contribution in [0.2, 0.25) is 0 Å². The predicted octanol–water partition coefficient (Wildman–Crippen LogP) is 1.16. The van der Waals surface area contributed by atoms with Gasteiger partial charge in [-0.2, -0.15) is 0 Å². The van der Waals surface area contributed by atoms with Crippen molar-refractivity contribution < 1.29 is 40.9 Å². The Labute approximate surface area is 193 Å². The summed E-state index contributed by atoms with van der Waals surface area (Å²) in [7, 11) is 0. The van der Waals surface area contributed by atoms with Crippen LogP contribution in [0.5, 0.6) is 0 Å². The number of halogens is 1. The second-order valence-electron chi connectivity index (χ2n) is 4.17. The van der Waals surface area contributed by atoms with E-state index in [1.807, 2.05) is 27.0 Å². The van der Waals surface area contributed by atoms with E-state index in [-0.39, 0.29) is 46.0 Å². The van der Waals surface area contributed by atoms with Gasteiger partial charge in [-0.25, -0.2) is 15.0 Å². The SMILES string of the molecule is Cc1cnc(Br)s1.Cc1cnc(C=O)s1.Cc1cnc(CO)s1.[B].[H-].[Na+]. The summed E-state index contributed by atoms with van der Waals surface area (Å²) in [6, 6.07) is 0. The number of carbonyl (C=O) groups excluding carboxylic acids is 1. The van der Waals surface area contributed by atoms with Crippen molar-refractivity contribution in [1.29, 1.82) is 0 Å². The molecule has 25 heavy (non-hydrogen) atoms. The quantitative estimate of drug-likeness (QED) is 0.451. The van der Waals surface area contributed by atoms with Gasteiger partial charge in [0.05, 0.1) is 6.61 Å². The molecule has 0 unspecified atom stereocenters. The van der Waals surface area contributed by atoms with Crippen LogP contribution in [0.15, 0.2) is 22.5 Å². The molecule has 3 aromatic heterocycles. The van der Waals surface area contributed by atoms with E-state index in [9.17, 15) is 4.79 Å². The van der Waals surface area contributed by atoms with Crippen molar-refractivity contribution >= 4 is 64.6 Å². The Hall–Kier alpha value is 0.0649. The van der Waals surface area contributed by atoms with Crippen LogP contribution in [0.4, 0.5) is 0 Å². The third-order valence-corrected chi connectivity index (χ3v) is 5.26. The van der Waals surface area contributed by atoms with E-state index in [0.29, 0.717) is 5.01 Å². The second kappa shape index (κ2) is 15.2. The van der Waals surface area contributed by atoms with Gasteiger partial charge in [-0.15, -0.1) is 34.0 Å². The van der Waals surface area contributed by atoms with Crippen molar-refractivity contribution in [3.63, 3.8) is 0 Å². The largest absolute Gasteiger partial charge is 1.00 e. The monoisotopic (exact) mass is 468 g/mol. The number of aliphatic hydroxyl groups is 1. The maximum absolute atomic E-state index is 9.97. The molecule has 3 aromatic rings. The van der Waals surface area contributed by atoms with E-state index in [1.54, 1.807) is 23.7 Å². The number of aliphatic hydroxyl groups excluding tert-OH is 1. The molecule has 3 radical (unpaired) electrons.